The maximum Gasteiger partial charge on any atom is 0.417 e. The van der Waals surface area contributed by atoms with Crippen LogP contribution in [0.25, 0.3) is 0 Å². The molecule has 0 saturated carbocycles. The molecule has 0 aromatic rings. The molecule has 2 aliphatic heterocycles. The van der Waals surface area contributed by atoms with Gasteiger partial charge < -0.3 is 19.7 Å². The number of carbonyl (C=O) groups is 4. The summed E-state index contributed by atoms with van der Waals surface area (Å²) in [6, 6.07) is -0.0871. The molecule has 34 heavy (non-hydrogen) atoms. The highest BCUT2D eigenvalue weighted by Crippen LogP contribution is 2.21. The maximum absolute atomic E-state index is 12.0. The maximum atomic E-state index is 12.0. The second kappa shape index (κ2) is 13.0. The van der Waals surface area contributed by atoms with Crippen LogP contribution in [-0.4, -0.2) is 70.2 Å². The highest BCUT2D eigenvalue weighted by atomic mass is 16.6. The molecule has 2 atom stereocenters. The zero-order valence-electron chi connectivity index (χ0n) is 22.4. The van der Waals surface area contributed by atoms with Crippen molar-refractivity contribution in [1.29, 1.82) is 0 Å². The van der Waals surface area contributed by atoms with E-state index in [1.54, 1.807) is 20.8 Å². The van der Waals surface area contributed by atoms with Crippen molar-refractivity contribution in [1.82, 2.24) is 15.1 Å². The van der Waals surface area contributed by atoms with Gasteiger partial charge in [-0.3, -0.25) is 9.59 Å². The van der Waals surface area contributed by atoms with Gasteiger partial charge in [-0.25, -0.2) is 14.5 Å². The van der Waals surface area contributed by atoms with Crippen LogP contribution < -0.4 is 5.32 Å². The zero-order chi connectivity index (χ0) is 26.1. The van der Waals surface area contributed by atoms with E-state index in [1.165, 1.54) is 11.3 Å². The molecule has 2 aliphatic rings. The van der Waals surface area contributed by atoms with E-state index in [0.717, 1.165) is 32.4 Å². The van der Waals surface area contributed by atoms with Crippen LogP contribution in [0.1, 0.15) is 100 Å². The summed E-state index contributed by atoms with van der Waals surface area (Å²) >= 11 is 0. The second-order valence-corrected chi connectivity index (χ2v) is 11.2. The van der Waals surface area contributed by atoms with Gasteiger partial charge in [0.2, 0.25) is 11.8 Å². The fourth-order valence-corrected chi connectivity index (χ4v) is 3.64. The van der Waals surface area contributed by atoms with Crippen molar-refractivity contribution in [2.45, 2.75) is 124 Å². The average molecular weight is 484 g/mol. The molecule has 2 unspecified atom stereocenters. The minimum absolute atomic E-state index is 0.0302. The van der Waals surface area contributed by atoms with E-state index < -0.39 is 23.4 Å². The summed E-state index contributed by atoms with van der Waals surface area (Å²) in [4.78, 5) is 49.6. The van der Waals surface area contributed by atoms with Gasteiger partial charge in [0.25, 0.3) is 0 Å². The number of likely N-dealkylation sites (tertiary alicyclic amines) is 2. The summed E-state index contributed by atoms with van der Waals surface area (Å²) in [5, 5.41) is 2.76. The first-order chi connectivity index (χ1) is 15.6. The minimum atomic E-state index is -0.542. The zero-order valence-corrected chi connectivity index (χ0v) is 22.4. The SMILES string of the molecule is CC(CCC(=O)N1CCCCC1)NC(=O)OC(C)(C)C.CC1CCC(=O)N1C(=O)OC(C)(C)C. The molecule has 9 heteroatoms. The third-order valence-corrected chi connectivity index (χ3v) is 5.34. The van der Waals surface area contributed by atoms with E-state index >= 15 is 0 Å². The molecule has 0 aromatic heterocycles. The summed E-state index contributed by atoms with van der Waals surface area (Å²) in [5.74, 6) is 0.0642. The summed E-state index contributed by atoms with van der Waals surface area (Å²) in [6.45, 7) is 16.4. The Bertz CT molecular complexity index is 704. The molecular weight excluding hydrogens is 438 g/mol. The van der Waals surface area contributed by atoms with Gasteiger partial charge in [-0.1, -0.05) is 0 Å². The second-order valence-electron chi connectivity index (χ2n) is 11.2. The van der Waals surface area contributed by atoms with Gasteiger partial charge in [0.15, 0.2) is 0 Å². The predicted octanol–water partition coefficient (Wildman–Crippen LogP) is 4.62. The smallest absolute Gasteiger partial charge is 0.417 e. The highest BCUT2D eigenvalue weighted by Gasteiger charge is 2.35. The van der Waals surface area contributed by atoms with Crippen molar-refractivity contribution in [3.63, 3.8) is 0 Å². The predicted molar refractivity (Wildman–Crippen MR) is 130 cm³/mol. The summed E-state index contributed by atoms with van der Waals surface area (Å²) in [5.41, 5.74) is -1.03. The topological polar surface area (TPSA) is 105 Å². The number of alkyl carbamates (subject to hydrolysis) is 1. The van der Waals surface area contributed by atoms with Crippen LogP contribution in [0.2, 0.25) is 0 Å². The molecule has 2 fully saturated rings. The average Bonchev–Trinajstić information content (AvgIpc) is 3.02. The van der Waals surface area contributed by atoms with Crippen LogP contribution in [0.5, 0.6) is 0 Å². The fraction of sp³-hybridized carbons (Fsp3) is 0.840. The lowest BCUT2D eigenvalue weighted by Crippen LogP contribution is -2.41. The van der Waals surface area contributed by atoms with Gasteiger partial charge in [0.1, 0.15) is 11.2 Å². The molecule has 0 spiro atoms. The van der Waals surface area contributed by atoms with Crippen molar-refractivity contribution in [3.05, 3.63) is 0 Å². The van der Waals surface area contributed by atoms with E-state index in [-0.39, 0.29) is 23.9 Å². The minimum Gasteiger partial charge on any atom is -0.444 e. The van der Waals surface area contributed by atoms with Crippen molar-refractivity contribution in [2.24, 2.45) is 0 Å². The van der Waals surface area contributed by atoms with Gasteiger partial charge >= 0.3 is 12.2 Å². The molecule has 1 N–H and O–H groups in total. The monoisotopic (exact) mass is 483 g/mol. The van der Waals surface area contributed by atoms with Crippen molar-refractivity contribution >= 4 is 24.0 Å². The first-order valence-corrected chi connectivity index (χ1v) is 12.4. The molecule has 0 bridgehead atoms. The Hall–Kier alpha value is -2.32. The number of hydrogen-bond acceptors (Lipinski definition) is 6. The van der Waals surface area contributed by atoms with E-state index in [9.17, 15) is 19.2 Å². The number of carbonyl (C=O) groups excluding carboxylic acids is 4. The van der Waals surface area contributed by atoms with Crippen LogP contribution in [0, 0.1) is 0 Å². The third-order valence-electron chi connectivity index (χ3n) is 5.34. The van der Waals surface area contributed by atoms with Crippen LogP contribution in [0.15, 0.2) is 0 Å². The molecule has 4 amide bonds. The number of hydrogen-bond donors (Lipinski definition) is 1. The fourth-order valence-electron chi connectivity index (χ4n) is 3.64. The van der Waals surface area contributed by atoms with Gasteiger partial charge in [0, 0.05) is 38.0 Å². The molecule has 0 aromatic carbocycles. The standard InChI is InChI=1S/C15H28N2O3.C10H17NO3/c1-12(16-14(19)20-15(2,3)4)8-9-13(18)17-10-6-5-7-11-17;1-7-5-6-8(12)11(7)9(13)14-10(2,3)4/h12H,5-11H2,1-4H3,(H,16,19);7H,5-6H2,1-4H3. The Morgan fingerprint density at radius 1 is 1.00 bits per heavy atom. The Balaban J connectivity index is 0.000000362. The molecule has 0 radical (unpaired) electrons. The number of piperidine rings is 1. The lowest BCUT2D eigenvalue weighted by molar-refractivity contribution is -0.132. The lowest BCUT2D eigenvalue weighted by Gasteiger charge is -2.27. The van der Waals surface area contributed by atoms with Gasteiger partial charge in [0.05, 0.1) is 0 Å². The van der Waals surface area contributed by atoms with Crippen LogP contribution in [0.3, 0.4) is 0 Å². The van der Waals surface area contributed by atoms with E-state index in [1.807, 2.05) is 39.5 Å². The molecule has 2 rings (SSSR count). The quantitative estimate of drug-likeness (QED) is 0.625. The lowest BCUT2D eigenvalue weighted by atomic mass is 10.1. The van der Waals surface area contributed by atoms with Crippen LogP contribution in [0.4, 0.5) is 9.59 Å². The van der Waals surface area contributed by atoms with Gasteiger partial charge in [-0.05, 0) is 87.5 Å². The van der Waals surface area contributed by atoms with Crippen molar-refractivity contribution in [3.8, 4) is 0 Å². The first kappa shape index (κ1) is 29.7. The molecule has 196 valence electrons. The molecule has 0 aliphatic carbocycles. The van der Waals surface area contributed by atoms with Crippen molar-refractivity contribution in [2.75, 3.05) is 13.1 Å². The van der Waals surface area contributed by atoms with E-state index in [2.05, 4.69) is 5.32 Å². The Labute approximate surface area is 204 Å². The van der Waals surface area contributed by atoms with Gasteiger partial charge in [-0.15, -0.1) is 0 Å². The normalized spacial score (nSPS) is 19.6. The molecule has 2 saturated heterocycles. The number of amides is 4. The molecule has 2 heterocycles. The first-order valence-electron chi connectivity index (χ1n) is 12.4. The molecule has 9 nitrogen and oxygen atoms in total. The number of ether oxygens (including phenoxy) is 2. The summed E-state index contributed by atoms with van der Waals surface area (Å²) in [6.07, 6.45) is 4.81. The number of imide groups is 1. The Morgan fingerprint density at radius 2 is 1.56 bits per heavy atom. The van der Waals surface area contributed by atoms with Gasteiger partial charge in [-0.2, -0.15) is 0 Å². The Kier molecular flexibility index (Phi) is 11.3. The number of nitrogens with one attached hydrogen (secondary N) is 1. The number of nitrogens with zero attached hydrogens (tertiary/aromatic N) is 2. The van der Waals surface area contributed by atoms with Crippen molar-refractivity contribution < 1.29 is 28.7 Å². The van der Waals surface area contributed by atoms with E-state index in [0.29, 0.717) is 19.3 Å². The summed E-state index contributed by atoms with van der Waals surface area (Å²) < 4.78 is 10.3. The summed E-state index contributed by atoms with van der Waals surface area (Å²) in [7, 11) is 0. The Morgan fingerprint density at radius 3 is 2.03 bits per heavy atom. The highest BCUT2D eigenvalue weighted by molar-refractivity contribution is 5.94. The van der Waals surface area contributed by atoms with Crippen LogP contribution in [-0.2, 0) is 19.1 Å². The molecular formula is C25H45N3O6. The number of rotatable bonds is 4. The van der Waals surface area contributed by atoms with E-state index in [4.69, 9.17) is 9.47 Å². The third kappa shape index (κ3) is 11.7. The largest absolute Gasteiger partial charge is 0.444 e. The van der Waals surface area contributed by atoms with Crippen LogP contribution >= 0.6 is 0 Å².